The highest BCUT2D eigenvalue weighted by Gasteiger charge is 2.17. The summed E-state index contributed by atoms with van der Waals surface area (Å²) in [6.07, 6.45) is 1.90. The number of thioether (sulfide) groups is 1. The van der Waals surface area contributed by atoms with Crippen LogP contribution in [0.25, 0.3) is 0 Å². The molecule has 0 spiro atoms. The van der Waals surface area contributed by atoms with Gasteiger partial charge in [0.15, 0.2) is 0 Å². The predicted octanol–water partition coefficient (Wildman–Crippen LogP) is 0.923. The van der Waals surface area contributed by atoms with Gasteiger partial charge in [-0.25, -0.2) is 0 Å². The minimum Gasteiger partial charge on any atom is -0.308 e. The van der Waals surface area contributed by atoms with E-state index in [1.807, 2.05) is 18.0 Å². The van der Waals surface area contributed by atoms with Crippen LogP contribution in [0.1, 0.15) is 11.3 Å². The van der Waals surface area contributed by atoms with E-state index in [4.69, 9.17) is 0 Å². The van der Waals surface area contributed by atoms with Gasteiger partial charge in [-0.15, -0.1) is 0 Å². The predicted molar refractivity (Wildman–Crippen MR) is 51.3 cm³/mol. The molecule has 0 saturated carbocycles. The standard InChI is InChI=1S/C8H13N3S/c1-6-7(3-10-11-6)2-9-8-4-12-5-8/h3,8-9H,2,4-5H2,1H3,(H,10,11). The van der Waals surface area contributed by atoms with E-state index >= 15 is 0 Å². The fraction of sp³-hybridized carbons (Fsp3) is 0.625. The second-order valence-corrected chi connectivity index (χ2v) is 4.21. The third-order valence-electron chi connectivity index (χ3n) is 2.15. The number of H-pyrrole nitrogens is 1. The van der Waals surface area contributed by atoms with Crippen molar-refractivity contribution in [3.63, 3.8) is 0 Å². The van der Waals surface area contributed by atoms with Crippen molar-refractivity contribution in [1.82, 2.24) is 15.5 Å². The molecule has 0 bridgehead atoms. The first kappa shape index (κ1) is 8.13. The van der Waals surface area contributed by atoms with E-state index in [2.05, 4.69) is 22.4 Å². The highest BCUT2D eigenvalue weighted by Crippen LogP contribution is 2.17. The molecule has 0 aromatic carbocycles. The molecule has 0 radical (unpaired) electrons. The van der Waals surface area contributed by atoms with Crippen LogP contribution in [-0.2, 0) is 6.54 Å². The van der Waals surface area contributed by atoms with Gasteiger partial charge >= 0.3 is 0 Å². The SMILES string of the molecule is Cc1[nH]ncc1CNC1CSC1. The number of rotatable bonds is 3. The molecule has 2 heterocycles. The van der Waals surface area contributed by atoms with Gasteiger partial charge in [0.05, 0.1) is 6.20 Å². The zero-order chi connectivity index (χ0) is 8.39. The maximum atomic E-state index is 3.97. The van der Waals surface area contributed by atoms with E-state index < -0.39 is 0 Å². The Morgan fingerprint density at radius 2 is 2.58 bits per heavy atom. The second-order valence-electron chi connectivity index (χ2n) is 3.14. The van der Waals surface area contributed by atoms with Crippen molar-refractivity contribution in [2.75, 3.05) is 11.5 Å². The van der Waals surface area contributed by atoms with Gasteiger partial charge in [-0.3, -0.25) is 5.10 Å². The average Bonchev–Trinajstić information content (AvgIpc) is 2.33. The number of hydrogen-bond donors (Lipinski definition) is 2. The normalized spacial score (nSPS) is 17.8. The quantitative estimate of drug-likeness (QED) is 0.732. The number of hydrogen-bond acceptors (Lipinski definition) is 3. The van der Waals surface area contributed by atoms with Crippen LogP contribution >= 0.6 is 11.8 Å². The molecule has 0 unspecified atom stereocenters. The Kier molecular flexibility index (Phi) is 2.37. The molecule has 0 atom stereocenters. The molecule has 1 aromatic heterocycles. The summed E-state index contributed by atoms with van der Waals surface area (Å²) in [6.45, 7) is 3.01. The van der Waals surface area contributed by atoms with Crippen molar-refractivity contribution in [3.8, 4) is 0 Å². The Labute approximate surface area is 76.3 Å². The summed E-state index contributed by atoms with van der Waals surface area (Å²) < 4.78 is 0. The zero-order valence-electron chi connectivity index (χ0n) is 7.13. The molecule has 2 N–H and O–H groups in total. The summed E-state index contributed by atoms with van der Waals surface area (Å²) in [4.78, 5) is 0. The fourth-order valence-electron chi connectivity index (χ4n) is 1.16. The van der Waals surface area contributed by atoms with Crippen molar-refractivity contribution in [1.29, 1.82) is 0 Å². The lowest BCUT2D eigenvalue weighted by Crippen LogP contribution is -2.39. The van der Waals surface area contributed by atoms with Crippen LogP contribution in [0.5, 0.6) is 0 Å². The van der Waals surface area contributed by atoms with E-state index in [0.29, 0.717) is 0 Å². The highest BCUT2D eigenvalue weighted by molar-refractivity contribution is 8.00. The van der Waals surface area contributed by atoms with Crippen LogP contribution in [0, 0.1) is 6.92 Å². The lowest BCUT2D eigenvalue weighted by molar-refractivity contribution is 0.582. The van der Waals surface area contributed by atoms with Crippen molar-refractivity contribution < 1.29 is 0 Å². The summed E-state index contributed by atoms with van der Waals surface area (Å²) in [6, 6.07) is 0.726. The summed E-state index contributed by atoms with van der Waals surface area (Å²) in [5, 5.41) is 10.4. The van der Waals surface area contributed by atoms with E-state index in [1.165, 1.54) is 22.8 Å². The first-order valence-corrected chi connectivity index (χ1v) is 5.31. The largest absolute Gasteiger partial charge is 0.308 e. The molecule has 1 saturated heterocycles. The number of aryl methyl sites for hydroxylation is 1. The molecule has 66 valence electrons. The molecular formula is C8H13N3S. The van der Waals surface area contributed by atoms with Crippen LogP contribution in [-0.4, -0.2) is 27.7 Å². The molecular weight excluding hydrogens is 170 g/mol. The van der Waals surface area contributed by atoms with Crippen molar-refractivity contribution in [3.05, 3.63) is 17.5 Å². The van der Waals surface area contributed by atoms with E-state index in [9.17, 15) is 0 Å². The van der Waals surface area contributed by atoms with E-state index in [1.54, 1.807) is 0 Å². The lowest BCUT2D eigenvalue weighted by atomic mass is 10.2. The van der Waals surface area contributed by atoms with E-state index in [0.717, 1.165) is 12.6 Å². The third-order valence-corrected chi connectivity index (χ3v) is 3.43. The van der Waals surface area contributed by atoms with Gasteiger partial charge in [0, 0.05) is 35.3 Å². The van der Waals surface area contributed by atoms with Gasteiger partial charge in [0.2, 0.25) is 0 Å². The lowest BCUT2D eigenvalue weighted by Gasteiger charge is -2.25. The monoisotopic (exact) mass is 183 g/mol. The van der Waals surface area contributed by atoms with E-state index in [-0.39, 0.29) is 0 Å². The molecule has 0 aliphatic carbocycles. The number of nitrogens with one attached hydrogen (secondary N) is 2. The first-order valence-electron chi connectivity index (χ1n) is 4.16. The first-order chi connectivity index (χ1) is 5.86. The molecule has 1 fully saturated rings. The van der Waals surface area contributed by atoms with Crippen LogP contribution in [0.2, 0.25) is 0 Å². The molecule has 1 aliphatic heterocycles. The Morgan fingerprint density at radius 1 is 1.75 bits per heavy atom. The smallest absolute Gasteiger partial charge is 0.0535 e. The Bertz CT molecular complexity index is 255. The minimum atomic E-state index is 0.726. The van der Waals surface area contributed by atoms with Gasteiger partial charge < -0.3 is 5.32 Å². The zero-order valence-corrected chi connectivity index (χ0v) is 7.95. The minimum absolute atomic E-state index is 0.726. The molecule has 4 heteroatoms. The van der Waals surface area contributed by atoms with Crippen molar-refractivity contribution in [2.45, 2.75) is 19.5 Å². The third kappa shape index (κ3) is 1.64. The Morgan fingerprint density at radius 3 is 3.08 bits per heavy atom. The van der Waals surface area contributed by atoms with Crippen molar-refractivity contribution >= 4 is 11.8 Å². The van der Waals surface area contributed by atoms with Crippen molar-refractivity contribution in [2.24, 2.45) is 0 Å². The number of nitrogens with zero attached hydrogens (tertiary/aromatic N) is 1. The topological polar surface area (TPSA) is 40.7 Å². The molecule has 0 amide bonds. The Hall–Kier alpha value is -0.480. The van der Waals surface area contributed by atoms with Crippen LogP contribution in [0.3, 0.4) is 0 Å². The molecule has 2 rings (SSSR count). The van der Waals surface area contributed by atoms with Gasteiger partial charge in [0.1, 0.15) is 0 Å². The number of aromatic amines is 1. The molecule has 1 aromatic rings. The van der Waals surface area contributed by atoms with Crippen LogP contribution < -0.4 is 5.32 Å². The average molecular weight is 183 g/mol. The summed E-state index contributed by atoms with van der Waals surface area (Å²) in [5.74, 6) is 2.52. The molecule has 3 nitrogen and oxygen atoms in total. The van der Waals surface area contributed by atoms with Gasteiger partial charge in [0.25, 0.3) is 0 Å². The number of aromatic nitrogens is 2. The van der Waals surface area contributed by atoms with Gasteiger partial charge in [-0.1, -0.05) is 0 Å². The molecule has 12 heavy (non-hydrogen) atoms. The maximum absolute atomic E-state index is 3.97. The molecule has 1 aliphatic rings. The summed E-state index contributed by atoms with van der Waals surface area (Å²) in [5.41, 5.74) is 2.46. The van der Waals surface area contributed by atoms with Crippen LogP contribution in [0.15, 0.2) is 6.20 Å². The summed E-state index contributed by atoms with van der Waals surface area (Å²) >= 11 is 2.00. The van der Waals surface area contributed by atoms with Gasteiger partial charge in [-0.2, -0.15) is 16.9 Å². The fourth-order valence-corrected chi connectivity index (χ4v) is 1.87. The Balaban J connectivity index is 1.82. The highest BCUT2D eigenvalue weighted by atomic mass is 32.2. The van der Waals surface area contributed by atoms with Crippen LogP contribution in [0.4, 0.5) is 0 Å². The van der Waals surface area contributed by atoms with Gasteiger partial charge in [-0.05, 0) is 6.92 Å². The second kappa shape index (κ2) is 3.49. The maximum Gasteiger partial charge on any atom is 0.0535 e. The summed E-state index contributed by atoms with van der Waals surface area (Å²) in [7, 11) is 0.